The van der Waals surface area contributed by atoms with Gasteiger partial charge >= 0.3 is 6.36 Å². The standard InChI is InChI=1S/C9H4ClF5N2O/c10-1-6-4(2-16)7(18-9(13,14)15)5(3-17-6)8(11)12/h3,8H,1H2. The lowest BCUT2D eigenvalue weighted by Crippen LogP contribution is -2.20. The van der Waals surface area contributed by atoms with Crippen LogP contribution in [0.4, 0.5) is 22.0 Å². The lowest BCUT2D eigenvalue weighted by Gasteiger charge is -2.15. The molecule has 1 aromatic heterocycles. The van der Waals surface area contributed by atoms with Crippen molar-refractivity contribution in [3.8, 4) is 11.8 Å². The van der Waals surface area contributed by atoms with Crippen LogP contribution in [0.2, 0.25) is 0 Å². The first kappa shape index (κ1) is 14.4. The predicted molar refractivity (Wildman–Crippen MR) is 50.1 cm³/mol. The Kier molecular flexibility index (Phi) is 4.29. The largest absolute Gasteiger partial charge is 0.573 e. The van der Waals surface area contributed by atoms with Crippen LogP contribution in [-0.2, 0) is 5.88 Å². The number of halogens is 6. The summed E-state index contributed by atoms with van der Waals surface area (Å²) >= 11 is 5.35. The summed E-state index contributed by atoms with van der Waals surface area (Å²) < 4.78 is 64.8. The Balaban J connectivity index is 3.45. The number of hydrogen-bond acceptors (Lipinski definition) is 3. The van der Waals surface area contributed by atoms with E-state index < -0.39 is 35.5 Å². The van der Waals surface area contributed by atoms with E-state index in [2.05, 4.69) is 9.72 Å². The molecule has 0 amide bonds. The first-order chi connectivity index (χ1) is 8.30. The molecule has 3 nitrogen and oxygen atoms in total. The molecule has 0 radical (unpaired) electrons. The van der Waals surface area contributed by atoms with Crippen LogP contribution in [0.25, 0.3) is 0 Å². The zero-order chi connectivity index (χ0) is 13.9. The Bertz CT molecular complexity index is 483. The maximum atomic E-state index is 12.5. The minimum Gasteiger partial charge on any atom is -0.404 e. The predicted octanol–water partition coefficient (Wildman–Crippen LogP) is 3.53. The summed E-state index contributed by atoms with van der Waals surface area (Å²) in [6.45, 7) is 0. The van der Waals surface area contributed by atoms with E-state index in [-0.39, 0.29) is 5.69 Å². The summed E-state index contributed by atoms with van der Waals surface area (Å²) in [4.78, 5) is 3.40. The first-order valence-electron chi connectivity index (χ1n) is 4.32. The number of pyridine rings is 1. The summed E-state index contributed by atoms with van der Waals surface area (Å²) in [7, 11) is 0. The van der Waals surface area contributed by atoms with Crippen molar-refractivity contribution in [2.75, 3.05) is 0 Å². The minimum absolute atomic E-state index is 0.261. The average molecular weight is 287 g/mol. The van der Waals surface area contributed by atoms with Crippen LogP contribution < -0.4 is 4.74 Å². The lowest BCUT2D eigenvalue weighted by molar-refractivity contribution is -0.275. The van der Waals surface area contributed by atoms with Crippen LogP contribution in [0.15, 0.2) is 6.20 Å². The molecule has 0 saturated heterocycles. The summed E-state index contributed by atoms with van der Waals surface area (Å²) in [6, 6.07) is 1.33. The van der Waals surface area contributed by atoms with E-state index in [1.54, 1.807) is 0 Å². The topological polar surface area (TPSA) is 45.9 Å². The Morgan fingerprint density at radius 1 is 1.44 bits per heavy atom. The molecule has 0 aliphatic heterocycles. The Morgan fingerprint density at radius 3 is 2.44 bits per heavy atom. The number of aromatic nitrogens is 1. The molecule has 0 unspecified atom stereocenters. The van der Waals surface area contributed by atoms with Gasteiger partial charge in [0.2, 0.25) is 0 Å². The van der Waals surface area contributed by atoms with Crippen LogP contribution in [0.5, 0.6) is 5.75 Å². The van der Waals surface area contributed by atoms with Crippen LogP contribution in [0, 0.1) is 11.3 Å². The number of hydrogen-bond donors (Lipinski definition) is 0. The molecule has 1 rings (SSSR count). The molecule has 0 aromatic carbocycles. The van der Waals surface area contributed by atoms with Gasteiger partial charge in [-0.3, -0.25) is 4.98 Å². The molecule has 0 saturated carbocycles. The fourth-order valence-corrected chi connectivity index (χ4v) is 1.35. The number of rotatable bonds is 3. The molecule has 0 atom stereocenters. The maximum absolute atomic E-state index is 12.5. The van der Waals surface area contributed by atoms with Gasteiger partial charge in [0.25, 0.3) is 6.43 Å². The van der Waals surface area contributed by atoms with Crippen LogP contribution in [0.1, 0.15) is 23.2 Å². The molecule has 1 heterocycles. The van der Waals surface area contributed by atoms with Gasteiger partial charge in [0.15, 0.2) is 5.75 Å². The summed E-state index contributed by atoms with van der Waals surface area (Å²) in [5.74, 6) is -1.66. The quantitative estimate of drug-likeness (QED) is 0.631. The second-order valence-corrected chi connectivity index (χ2v) is 3.23. The highest BCUT2D eigenvalue weighted by Gasteiger charge is 2.35. The van der Waals surface area contributed by atoms with Gasteiger partial charge in [-0.1, -0.05) is 0 Å². The smallest absolute Gasteiger partial charge is 0.404 e. The zero-order valence-corrected chi connectivity index (χ0v) is 9.19. The van der Waals surface area contributed by atoms with Crippen molar-refractivity contribution >= 4 is 11.6 Å². The highest BCUT2D eigenvalue weighted by atomic mass is 35.5. The molecule has 9 heteroatoms. The van der Waals surface area contributed by atoms with E-state index in [1.807, 2.05) is 0 Å². The van der Waals surface area contributed by atoms with Gasteiger partial charge in [0.05, 0.1) is 17.1 Å². The van der Waals surface area contributed by atoms with Crippen molar-refractivity contribution in [2.45, 2.75) is 18.7 Å². The van der Waals surface area contributed by atoms with Gasteiger partial charge in [0, 0.05) is 6.20 Å². The molecular weight excluding hydrogens is 283 g/mol. The molecule has 0 aliphatic carbocycles. The lowest BCUT2D eigenvalue weighted by atomic mass is 10.1. The Labute approximate surface area is 103 Å². The normalized spacial score (nSPS) is 11.4. The number of nitrogens with zero attached hydrogens (tertiary/aromatic N) is 2. The van der Waals surface area contributed by atoms with Gasteiger partial charge in [0.1, 0.15) is 11.6 Å². The first-order valence-corrected chi connectivity index (χ1v) is 4.85. The van der Waals surface area contributed by atoms with Gasteiger partial charge in [-0.25, -0.2) is 8.78 Å². The third-order valence-electron chi connectivity index (χ3n) is 1.83. The Morgan fingerprint density at radius 2 is 2.06 bits per heavy atom. The van der Waals surface area contributed by atoms with Crippen molar-refractivity contribution in [1.82, 2.24) is 4.98 Å². The molecule has 0 fully saturated rings. The summed E-state index contributed by atoms with van der Waals surface area (Å²) in [5, 5.41) is 8.69. The van der Waals surface area contributed by atoms with E-state index in [0.29, 0.717) is 6.20 Å². The number of ether oxygens (including phenoxy) is 1. The second kappa shape index (κ2) is 5.35. The molecule has 0 bridgehead atoms. The average Bonchev–Trinajstić information content (AvgIpc) is 2.25. The van der Waals surface area contributed by atoms with E-state index in [1.165, 1.54) is 6.07 Å². The maximum Gasteiger partial charge on any atom is 0.573 e. The summed E-state index contributed by atoms with van der Waals surface area (Å²) in [5.41, 5.74) is -2.12. The fraction of sp³-hybridized carbons (Fsp3) is 0.333. The van der Waals surface area contributed by atoms with Gasteiger partial charge < -0.3 is 4.74 Å². The van der Waals surface area contributed by atoms with Crippen LogP contribution >= 0.6 is 11.6 Å². The highest BCUT2D eigenvalue weighted by molar-refractivity contribution is 6.17. The zero-order valence-electron chi connectivity index (χ0n) is 8.43. The molecule has 98 valence electrons. The SMILES string of the molecule is N#Cc1c(CCl)ncc(C(F)F)c1OC(F)(F)F. The van der Waals surface area contributed by atoms with Crippen molar-refractivity contribution in [1.29, 1.82) is 5.26 Å². The van der Waals surface area contributed by atoms with E-state index in [0.717, 1.165) is 0 Å². The monoisotopic (exact) mass is 286 g/mol. The molecule has 18 heavy (non-hydrogen) atoms. The number of nitriles is 1. The third kappa shape index (κ3) is 3.20. The van der Waals surface area contributed by atoms with Gasteiger partial charge in [-0.05, 0) is 0 Å². The summed E-state index contributed by atoms with van der Waals surface area (Å²) in [6.07, 6.45) is -7.95. The van der Waals surface area contributed by atoms with Crippen LogP contribution in [0.3, 0.4) is 0 Å². The second-order valence-electron chi connectivity index (χ2n) is 2.96. The van der Waals surface area contributed by atoms with Gasteiger partial charge in [-0.15, -0.1) is 24.8 Å². The molecule has 0 N–H and O–H groups in total. The molecule has 0 spiro atoms. The molecular formula is C9H4ClF5N2O. The minimum atomic E-state index is -5.19. The fourth-order valence-electron chi connectivity index (χ4n) is 1.14. The van der Waals surface area contributed by atoms with Crippen molar-refractivity contribution in [2.24, 2.45) is 0 Å². The van der Waals surface area contributed by atoms with Crippen molar-refractivity contribution in [3.05, 3.63) is 23.0 Å². The third-order valence-corrected chi connectivity index (χ3v) is 2.08. The van der Waals surface area contributed by atoms with E-state index in [4.69, 9.17) is 16.9 Å². The van der Waals surface area contributed by atoms with E-state index >= 15 is 0 Å². The van der Waals surface area contributed by atoms with Crippen molar-refractivity contribution < 1.29 is 26.7 Å². The molecule has 0 aliphatic rings. The Hall–Kier alpha value is -1.62. The highest BCUT2D eigenvalue weighted by Crippen LogP contribution is 2.36. The van der Waals surface area contributed by atoms with Crippen LogP contribution in [-0.4, -0.2) is 11.3 Å². The van der Waals surface area contributed by atoms with E-state index in [9.17, 15) is 22.0 Å². The van der Waals surface area contributed by atoms with Crippen molar-refractivity contribution in [3.63, 3.8) is 0 Å². The van der Waals surface area contributed by atoms with Gasteiger partial charge in [-0.2, -0.15) is 5.26 Å². The number of alkyl halides is 6. The molecule has 1 aromatic rings.